The predicted molar refractivity (Wildman–Crippen MR) is 112 cm³/mol. The van der Waals surface area contributed by atoms with Crippen LogP contribution in [0.1, 0.15) is 23.4 Å². The first kappa shape index (κ1) is 17.9. The van der Waals surface area contributed by atoms with Crippen molar-refractivity contribution in [2.75, 3.05) is 13.1 Å². The molecule has 0 aliphatic carbocycles. The minimum atomic E-state index is 0.767. The third kappa shape index (κ3) is 3.80. The van der Waals surface area contributed by atoms with Crippen molar-refractivity contribution in [1.29, 1.82) is 0 Å². The van der Waals surface area contributed by atoms with Crippen molar-refractivity contribution in [1.82, 2.24) is 14.3 Å². The Balaban J connectivity index is 1.52. The van der Waals surface area contributed by atoms with Crippen LogP contribution in [0.4, 0.5) is 0 Å². The van der Waals surface area contributed by atoms with Crippen LogP contribution in [-0.2, 0) is 6.67 Å². The first-order valence-electron chi connectivity index (χ1n) is 9.43. The summed E-state index contributed by atoms with van der Waals surface area (Å²) in [7, 11) is 0. The topological polar surface area (TPSA) is 27.2 Å². The number of nitrogens with zero attached hydrogens (tertiary/aromatic N) is 3. The van der Waals surface area contributed by atoms with Crippen molar-refractivity contribution in [2.45, 2.75) is 26.9 Å². The van der Waals surface area contributed by atoms with E-state index < -0.39 is 0 Å². The molecule has 5 heteroatoms. The molecule has 0 radical (unpaired) electrons. The summed E-state index contributed by atoms with van der Waals surface area (Å²) in [6.07, 6.45) is 3.45. The zero-order valence-electron chi connectivity index (χ0n) is 15.9. The van der Waals surface area contributed by atoms with E-state index in [0.717, 1.165) is 42.5 Å². The van der Waals surface area contributed by atoms with Gasteiger partial charge in [-0.1, -0.05) is 42.5 Å². The molecular formula is C22H25N4S+. The Labute approximate surface area is 165 Å². The Kier molecular flexibility index (Phi) is 5.05. The number of quaternary nitrogens is 1. The van der Waals surface area contributed by atoms with Gasteiger partial charge < -0.3 is 4.90 Å². The van der Waals surface area contributed by atoms with Gasteiger partial charge in [-0.2, -0.15) is 9.78 Å². The van der Waals surface area contributed by atoms with Crippen LogP contribution in [-0.4, -0.2) is 27.4 Å². The van der Waals surface area contributed by atoms with Crippen LogP contribution >= 0.6 is 12.2 Å². The molecule has 0 bridgehead atoms. The van der Waals surface area contributed by atoms with Crippen LogP contribution in [0.2, 0.25) is 0 Å². The first-order chi connectivity index (χ1) is 13.1. The second-order valence-electron chi connectivity index (χ2n) is 7.21. The number of rotatable bonds is 4. The highest BCUT2D eigenvalue weighted by Crippen LogP contribution is 2.18. The highest BCUT2D eigenvalue weighted by atomic mass is 32.1. The van der Waals surface area contributed by atoms with Gasteiger partial charge in [0.15, 0.2) is 6.67 Å². The minimum Gasteiger partial charge on any atom is -0.313 e. The second kappa shape index (κ2) is 7.62. The maximum atomic E-state index is 5.74. The summed E-state index contributed by atoms with van der Waals surface area (Å²) in [5, 5.41) is 4.72. The molecule has 0 saturated heterocycles. The molecule has 1 aromatic heterocycles. The standard InChI is InChI=1S/C22H24N4S/c1-17-7-6-10-21(15-17)26-18(2)23-25(22(26)27)16-24-13-11-20(12-14-24)19-8-4-3-5-9-19/h3-11,15H,12-14,16H2,1-2H3/p+1. The van der Waals surface area contributed by atoms with E-state index in [1.807, 2.05) is 11.6 Å². The molecule has 27 heavy (non-hydrogen) atoms. The summed E-state index contributed by atoms with van der Waals surface area (Å²) in [6.45, 7) is 7.02. The van der Waals surface area contributed by atoms with Crippen molar-refractivity contribution >= 4 is 17.8 Å². The average molecular weight is 378 g/mol. The Morgan fingerprint density at radius 3 is 2.59 bits per heavy atom. The fourth-order valence-electron chi connectivity index (χ4n) is 3.74. The van der Waals surface area contributed by atoms with Crippen molar-refractivity contribution in [2.24, 2.45) is 0 Å². The lowest BCUT2D eigenvalue weighted by atomic mass is 10.00. The van der Waals surface area contributed by atoms with Gasteiger partial charge >= 0.3 is 0 Å². The Bertz CT molecular complexity index is 1030. The van der Waals surface area contributed by atoms with Crippen molar-refractivity contribution in [3.8, 4) is 5.69 Å². The fraction of sp³-hybridized carbons (Fsp3) is 0.273. The highest BCUT2D eigenvalue weighted by Gasteiger charge is 2.18. The van der Waals surface area contributed by atoms with Crippen molar-refractivity contribution in [3.05, 3.63) is 82.4 Å². The van der Waals surface area contributed by atoms with Gasteiger partial charge in [0.1, 0.15) is 5.82 Å². The molecule has 4 nitrogen and oxygen atoms in total. The molecule has 0 amide bonds. The summed E-state index contributed by atoms with van der Waals surface area (Å²) in [6, 6.07) is 19.1. The van der Waals surface area contributed by atoms with E-state index in [1.54, 1.807) is 0 Å². The molecule has 0 fully saturated rings. The zero-order valence-corrected chi connectivity index (χ0v) is 16.7. The molecule has 3 aromatic rings. The molecule has 1 unspecified atom stereocenters. The molecule has 0 saturated carbocycles. The van der Waals surface area contributed by atoms with Crippen LogP contribution in [0.5, 0.6) is 0 Å². The van der Waals surface area contributed by atoms with Gasteiger partial charge in [-0.25, -0.2) is 0 Å². The molecule has 138 valence electrons. The number of benzene rings is 2. The van der Waals surface area contributed by atoms with Crippen LogP contribution in [0.3, 0.4) is 0 Å². The van der Waals surface area contributed by atoms with Crippen molar-refractivity contribution in [3.63, 3.8) is 0 Å². The van der Waals surface area contributed by atoms with Crippen LogP contribution in [0, 0.1) is 18.6 Å². The van der Waals surface area contributed by atoms with Gasteiger partial charge in [-0.15, -0.1) is 0 Å². The third-order valence-corrected chi connectivity index (χ3v) is 5.56. The van der Waals surface area contributed by atoms with Crippen LogP contribution < -0.4 is 4.90 Å². The van der Waals surface area contributed by atoms with E-state index in [2.05, 4.69) is 72.2 Å². The lowest BCUT2D eigenvalue weighted by molar-refractivity contribution is -0.918. The monoisotopic (exact) mass is 377 g/mol. The molecule has 1 aliphatic rings. The molecular weight excluding hydrogens is 352 g/mol. The normalized spacial score (nSPS) is 17.0. The van der Waals surface area contributed by atoms with Gasteiger partial charge in [0.2, 0.25) is 4.77 Å². The lowest BCUT2D eigenvalue weighted by Gasteiger charge is -2.23. The second-order valence-corrected chi connectivity index (χ2v) is 7.58. The average Bonchev–Trinajstić information content (AvgIpc) is 2.96. The summed E-state index contributed by atoms with van der Waals surface area (Å²) in [5.41, 5.74) is 5.10. The minimum absolute atomic E-state index is 0.767. The molecule has 1 aliphatic heterocycles. The maximum absolute atomic E-state index is 5.74. The van der Waals surface area contributed by atoms with Crippen LogP contribution in [0.15, 0.2) is 60.7 Å². The number of hydrogen-bond acceptors (Lipinski definition) is 2. The molecule has 1 N–H and O–H groups in total. The maximum Gasteiger partial charge on any atom is 0.207 e. The van der Waals surface area contributed by atoms with Gasteiger partial charge in [-0.3, -0.25) is 4.57 Å². The Morgan fingerprint density at radius 1 is 1.07 bits per heavy atom. The van der Waals surface area contributed by atoms with E-state index >= 15 is 0 Å². The SMILES string of the molecule is Cc1cccc(-n2c(C)nn(C[NH+]3CC=C(c4ccccc4)CC3)c2=S)c1. The summed E-state index contributed by atoms with van der Waals surface area (Å²) in [5.74, 6) is 0.933. The number of nitrogens with one attached hydrogen (secondary N) is 1. The predicted octanol–water partition coefficient (Wildman–Crippen LogP) is 3.35. The lowest BCUT2D eigenvalue weighted by Crippen LogP contribution is -3.11. The van der Waals surface area contributed by atoms with Gasteiger partial charge in [0.05, 0.1) is 13.1 Å². The number of aromatic nitrogens is 3. The summed E-state index contributed by atoms with van der Waals surface area (Å²) >= 11 is 5.74. The summed E-state index contributed by atoms with van der Waals surface area (Å²) < 4.78 is 4.81. The quantitative estimate of drug-likeness (QED) is 0.706. The smallest absolute Gasteiger partial charge is 0.207 e. The molecule has 2 heterocycles. The third-order valence-electron chi connectivity index (χ3n) is 5.16. The molecule has 1 atom stereocenters. The summed E-state index contributed by atoms with van der Waals surface area (Å²) in [4.78, 5) is 1.49. The largest absolute Gasteiger partial charge is 0.313 e. The van der Waals surface area contributed by atoms with E-state index in [9.17, 15) is 0 Å². The highest BCUT2D eigenvalue weighted by molar-refractivity contribution is 7.71. The van der Waals surface area contributed by atoms with E-state index in [-0.39, 0.29) is 0 Å². The number of aryl methyl sites for hydroxylation is 2. The van der Waals surface area contributed by atoms with Crippen molar-refractivity contribution < 1.29 is 4.90 Å². The van der Waals surface area contributed by atoms with E-state index in [4.69, 9.17) is 17.3 Å². The van der Waals surface area contributed by atoms with Gasteiger partial charge in [0.25, 0.3) is 0 Å². The molecule has 0 spiro atoms. The first-order valence-corrected chi connectivity index (χ1v) is 9.84. The van der Waals surface area contributed by atoms with Crippen LogP contribution in [0.25, 0.3) is 11.3 Å². The number of hydrogen-bond donors (Lipinski definition) is 1. The van der Waals surface area contributed by atoms with E-state index in [0.29, 0.717) is 0 Å². The van der Waals surface area contributed by atoms with Gasteiger partial charge in [0, 0.05) is 12.1 Å². The van der Waals surface area contributed by atoms with Gasteiger partial charge in [-0.05, 0) is 61.0 Å². The van der Waals surface area contributed by atoms with E-state index in [1.165, 1.54) is 21.6 Å². The molecule has 4 rings (SSSR count). The fourth-order valence-corrected chi connectivity index (χ4v) is 4.08. The molecule has 2 aromatic carbocycles. The zero-order chi connectivity index (χ0) is 18.8. The Morgan fingerprint density at radius 2 is 1.89 bits per heavy atom. The Hall–Kier alpha value is -2.50.